The number of methoxy groups -OCH3 is 2. The maximum atomic E-state index is 11.5. The van der Waals surface area contributed by atoms with Crippen LogP contribution in [0.2, 0.25) is 10.0 Å². The number of carboxylic acids is 1. The molecule has 4 heterocycles. The molecule has 0 radical (unpaired) electrons. The molecule has 0 aliphatic carbocycles. The molecule has 10 nitrogen and oxygen atoms in total. The minimum absolute atomic E-state index is 0.0222. The average Bonchev–Trinajstić information content (AvgIpc) is 3.49. The zero-order valence-electron chi connectivity index (χ0n) is 26.1. The number of ether oxygens (including phenoxy) is 2. The largest absolute Gasteiger partial charge is 0.496 e. The SMILES string of the molecule is COc1cc(-c2nccc(-c3cccc(-c4ccc(CNCC5CCC(=O)N5)c(OC)n4)c3Cl)c2Cl)cc2c1CN(CC(=O)O)CC2. The smallest absolute Gasteiger partial charge is 0.317 e. The summed E-state index contributed by atoms with van der Waals surface area (Å²) < 4.78 is 11.4. The van der Waals surface area contributed by atoms with E-state index in [1.54, 1.807) is 20.4 Å². The van der Waals surface area contributed by atoms with Gasteiger partial charge in [-0.25, -0.2) is 4.98 Å². The van der Waals surface area contributed by atoms with Crippen LogP contribution in [-0.4, -0.2) is 71.7 Å². The predicted octanol–water partition coefficient (Wildman–Crippen LogP) is 5.61. The van der Waals surface area contributed by atoms with Gasteiger partial charge in [0.25, 0.3) is 0 Å². The van der Waals surface area contributed by atoms with Crippen molar-refractivity contribution in [2.45, 2.75) is 38.4 Å². The Bertz CT molecular complexity index is 1820. The quantitative estimate of drug-likeness (QED) is 0.186. The van der Waals surface area contributed by atoms with E-state index in [1.807, 2.05) is 47.4 Å². The van der Waals surface area contributed by atoms with Crippen LogP contribution in [0, 0.1) is 0 Å². The van der Waals surface area contributed by atoms with E-state index in [0.29, 0.717) is 72.1 Å². The number of nitrogens with zero attached hydrogens (tertiary/aromatic N) is 3. The highest BCUT2D eigenvalue weighted by molar-refractivity contribution is 6.39. The van der Waals surface area contributed by atoms with Crippen molar-refractivity contribution >= 4 is 35.1 Å². The number of benzene rings is 2. The number of fused-ring (bicyclic) bond motifs is 1. The predicted molar refractivity (Wildman–Crippen MR) is 181 cm³/mol. The van der Waals surface area contributed by atoms with Crippen molar-refractivity contribution in [1.29, 1.82) is 0 Å². The molecule has 1 saturated heterocycles. The number of carboxylic acid groups (broad SMARTS) is 1. The third kappa shape index (κ3) is 7.06. The maximum Gasteiger partial charge on any atom is 0.317 e. The van der Waals surface area contributed by atoms with Gasteiger partial charge in [-0.1, -0.05) is 47.5 Å². The number of hydrogen-bond donors (Lipinski definition) is 3. The van der Waals surface area contributed by atoms with Crippen LogP contribution in [0.4, 0.5) is 0 Å². The fourth-order valence-corrected chi connectivity index (χ4v) is 6.91. The van der Waals surface area contributed by atoms with Crippen molar-refractivity contribution in [3.63, 3.8) is 0 Å². The Morgan fingerprint density at radius 1 is 1.06 bits per heavy atom. The summed E-state index contributed by atoms with van der Waals surface area (Å²) in [4.78, 5) is 34.1. The van der Waals surface area contributed by atoms with Crippen molar-refractivity contribution in [2.24, 2.45) is 0 Å². The molecule has 1 fully saturated rings. The summed E-state index contributed by atoms with van der Waals surface area (Å²) in [7, 11) is 3.19. The van der Waals surface area contributed by atoms with E-state index in [1.165, 1.54) is 0 Å². The van der Waals surface area contributed by atoms with Gasteiger partial charge in [0, 0.05) is 78.2 Å². The second kappa shape index (κ2) is 14.3. The Balaban J connectivity index is 1.27. The standard InChI is InChI=1S/C35H35Cl2N5O5/c1-46-29-15-22(14-20-11-13-42(18-27(20)29)19-31(44)45)34-33(37)25(10-12-39-34)24-4-3-5-26(32(24)36)28-8-6-21(35(41-28)47-2)16-38-17-23-7-9-30(43)40-23/h3-6,8,10,12,14-15,23,38H,7,9,11,13,16-19H2,1-2H3,(H,40,43)(H,44,45). The van der Waals surface area contributed by atoms with Gasteiger partial charge >= 0.3 is 5.97 Å². The van der Waals surface area contributed by atoms with Crippen LogP contribution in [-0.2, 0) is 29.1 Å². The number of amides is 1. The number of aromatic nitrogens is 2. The maximum absolute atomic E-state index is 11.5. The molecule has 47 heavy (non-hydrogen) atoms. The number of carbonyl (C=O) groups excluding carboxylic acids is 1. The van der Waals surface area contributed by atoms with Crippen LogP contribution in [0.15, 0.2) is 54.7 Å². The number of aliphatic carboxylic acids is 1. The molecular formula is C35H35Cl2N5O5. The fourth-order valence-electron chi connectivity index (χ4n) is 6.26. The van der Waals surface area contributed by atoms with Gasteiger partial charge < -0.3 is 25.2 Å². The number of carbonyl (C=O) groups is 2. The van der Waals surface area contributed by atoms with Crippen LogP contribution in [0.3, 0.4) is 0 Å². The monoisotopic (exact) mass is 675 g/mol. The molecule has 0 spiro atoms. The lowest BCUT2D eigenvalue weighted by atomic mass is 9.94. The molecular weight excluding hydrogens is 641 g/mol. The van der Waals surface area contributed by atoms with Crippen LogP contribution < -0.4 is 20.1 Å². The molecule has 3 N–H and O–H groups in total. The van der Waals surface area contributed by atoms with Crippen molar-refractivity contribution in [3.05, 3.63) is 81.5 Å². The summed E-state index contributed by atoms with van der Waals surface area (Å²) >= 11 is 14.1. The molecule has 12 heteroatoms. The van der Waals surface area contributed by atoms with Crippen molar-refractivity contribution < 1.29 is 24.2 Å². The molecule has 1 atom stereocenters. The second-order valence-electron chi connectivity index (χ2n) is 11.7. The van der Waals surface area contributed by atoms with E-state index < -0.39 is 5.97 Å². The molecule has 2 aromatic heterocycles. The Morgan fingerprint density at radius 3 is 2.62 bits per heavy atom. The molecule has 1 amide bonds. The van der Waals surface area contributed by atoms with Gasteiger partial charge in [0.05, 0.1) is 42.2 Å². The number of hydrogen-bond acceptors (Lipinski definition) is 8. The topological polar surface area (TPSA) is 126 Å². The summed E-state index contributed by atoms with van der Waals surface area (Å²) in [6.07, 6.45) is 3.79. The van der Waals surface area contributed by atoms with E-state index in [-0.39, 0.29) is 18.5 Å². The molecule has 6 rings (SSSR count). The lowest BCUT2D eigenvalue weighted by Crippen LogP contribution is -2.35. The first-order valence-electron chi connectivity index (χ1n) is 15.4. The van der Waals surface area contributed by atoms with Gasteiger partial charge in [-0.2, -0.15) is 0 Å². The van der Waals surface area contributed by atoms with Crippen molar-refractivity contribution in [3.8, 4) is 45.3 Å². The lowest BCUT2D eigenvalue weighted by molar-refractivity contribution is -0.138. The number of halogens is 2. The molecule has 0 bridgehead atoms. The first-order chi connectivity index (χ1) is 22.7. The van der Waals surface area contributed by atoms with Gasteiger partial charge in [0.1, 0.15) is 5.75 Å². The Hall–Kier alpha value is -4.22. The highest BCUT2D eigenvalue weighted by atomic mass is 35.5. The minimum Gasteiger partial charge on any atom is -0.496 e. The molecule has 0 saturated carbocycles. The fraction of sp³-hybridized carbons (Fsp3) is 0.314. The zero-order chi connectivity index (χ0) is 33.1. The zero-order valence-corrected chi connectivity index (χ0v) is 27.6. The number of nitrogens with one attached hydrogen (secondary N) is 2. The van der Waals surface area contributed by atoms with E-state index in [0.717, 1.165) is 45.4 Å². The lowest BCUT2D eigenvalue weighted by Gasteiger charge is -2.29. The van der Waals surface area contributed by atoms with Crippen LogP contribution in [0.5, 0.6) is 11.6 Å². The average molecular weight is 677 g/mol. The Labute approximate surface area is 283 Å². The minimum atomic E-state index is -0.855. The van der Waals surface area contributed by atoms with Crippen molar-refractivity contribution in [1.82, 2.24) is 25.5 Å². The summed E-state index contributed by atoms with van der Waals surface area (Å²) in [6.45, 7) is 2.31. The molecule has 2 aliphatic rings. The Morgan fingerprint density at radius 2 is 1.87 bits per heavy atom. The summed E-state index contributed by atoms with van der Waals surface area (Å²) in [5.41, 5.74) is 7.17. The van der Waals surface area contributed by atoms with E-state index in [4.69, 9.17) is 37.7 Å². The summed E-state index contributed by atoms with van der Waals surface area (Å²) in [6, 6.07) is 15.5. The molecule has 2 aliphatic heterocycles. The number of pyridine rings is 2. The third-order valence-electron chi connectivity index (χ3n) is 8.61. The van der Waals surface area contributed by atoms with Gasteiger partial charge in [-0.3, -0.25) is 19.5 Å². The first-order valence-corrected chi connectivity index (χ1v) is 16.1. The van der Waals surface area contributed by atoms with E-state index >= 15 is 0 Å². The first kappa shape index (κ1) is 32.7. The van der Waals surface area contributed by atoms with Crippen LogP contribution in [0.1, 0.15) is 29.5 Å². The van der Waals surface area contributed by atoms with Crippen molar-refractivity contribution in [2.75, 3.05) is 33.9 Å². The normalized spacial score (nSPS) is 16.1. The second-order valence-corrected chi connectivity index (χ2v) is 12.4. The highest BCUT2D eigenvalue weighted by Gasteiger charge is 2.25. The summed E-state index contributed by atoms with van der Waals surface area (Å²) in [5.74, 6) is 0.394. The molecule has 244 valence electrons. The van der Waals surface area contributed by atoms with Crippen LogP contribution >= 0.6 is 23.2 Å². The van der Waals surface area contributed by atoms with Gasteiger partial charge in [0.15, 0.2) is 0 Å². The third-order valence-corrected chi connectivity index (χ3v) is 9.40. The summed E-state index contributed by atoms with van der Waals surface area (Å²) in [5, 5.41) is 16.5. The Kier molecular flexibility index (Phi) is 9.93. The van der Waals surface area contributed by atoms with E-state index in [9.17, 15) is 14.7 Å². The van der Waals surface area contributed by atoms with E-state index in [2.05, 4.69) is 21.7 Å². The molecule has 1 unspecified atom stereocenters. The highest BCUT2D eigenvalue weighted by Crippen LogP contribution is 2.43. The molecule has 2 aromatic carbocycles. The van der Waals surface area contributed by atoms with Gasteiger partial charge in [-0.15, -0.1) is 0 Å². The van der Waals surface area contributed by atoms with Crippen LogP contribution in [0.25, 0.3) is 33.6 Å². The molecule has 4 aromatic rings. The number of rotatable bonds is 11. The van der Waals surface area contributed by atoms with Gasteiger partial charge in [-0.05, 0) is 42.7 Å². The van der Waals surface area contributed by atoms with Gasteiger partial charge in [0.2, 0.25) is 11.8 Å².